The normalized spacial score (nSPS) is 14.0. The number of amides is 4. The van der Waals surface area contributed by atoms with Gasteiger partial charge in [-0.25, -0.2) is 10.3 Å². The summed E-state index contributed by atoms with van der Waals surface area (Å²) in [6, 6.07) is 5.18. The highest BCUT2D eigenvalue weighted by molar-refractivity contribution is 5.91. The molecule has 4 N–H and O–H groups in total. The molecule has 0 spiro atoms. The van der Waals surface area contributed by atoms with Crippen molar-refractivity contribution in [3.05, 3.63) is 34.4 Å². The number of nitrogens with zero attached hydrogens (tertiary/aromatic N) is 2. The third-order valence-corrected chi connectivity index (χ3v) is 5.47. The first-order valence-corrected chi connectivity index (χ1v) is 10.6. The summed E-state index contributed by atoms with van der Waals surface area (Å²) in [5, 5.41) is 25.0. The van der Waals surface area contributed by atoms with Crippen LogP contribution in [0.25, 0.3) is 0 Å². The van der Waals surface area contributed by atoms with E-state index < -0.39 is 22.3 Å². The van der Waals surface area contributed by atoms with E-state index >= 15 is 0 Å². The molecule has 0 heterocycles. The zero-order chi connectivity index (χ0) is 23.7. The summed E-state index contributed by atoms with van der Waals surface area (Å²) in [5.41, 5.74) is 0.780. The second-order valence-electron chi connectivity index (χ2n) is 8.88. The molecule has 32 heavy (non-hydrogen) atoms. The van der Waals surface area contributed by atoms with Crippen LogP contribution >= 0.6 is 0 Å². The Kier molecular flexibility index (Phi) is 8.94. The number of nitrogens with one attached hydrogen (secondary N) is 3. The summed E-state index contributed by atoms with van der Waals surface area (Å²) in [4.78, 5) is 48.8. The molecule has 0 aliphatic heterocycles. The molecule has 1 fully saturated rings. The quantitative estimate of drug-likeness (QED) is 0.245. The lowest BCUT2D eigenvalue weighted by molar-refractivity contribution is -0.383. The molecule has 1 aliphatic rings. The number of rotatable bonds is 10. The zero-order valence-electron chi connectivity index (χ0n) is 18.4. The Bertz CT molecular complexity index is 838. The second-order valence-corrected chi connectivity index (χ2v) is 8.88. The Labute approximate surface area is 186 Å². The SMILES string of the molecule is CC(C)(CNC(=O)Nc1ccccc1[N+](=O)[O-])CC(=O)N(CC(=O)NO)CC1CCCC1. The molecule has 11 nitrogen and oxygen atoms in total. The maximum absolute atomic E-state index is 12.9. The molecular weight excluding hydrogens is 418 g/mol. The molecule has 1 aromatic rings. The second kappa shape index (κ2) is 11.4. The van der Waals surface area contributed by atoms with E-state index in [1.807, 2.05) is 0 Å². The number of urea groups is 1. The van der Waals surface area contributed by atoms with E-state index in [2.05, 4.69) is 10.6 Å². The molecule has 0 atom stereocenters. The summed E-state index contributed by atoms with van der Waals surface area (Å²) in [6.45, 7) is 3.96. The average molecular weight is 450 g/mol. The average Bonchev–Trinajstić information content (AvgIpc) is 3.25. The molecule has 11 heteroatoms. The molecule has 1 aromatic carbocycles. The van der Waals surface area contributed by atoms with Crippen molar-refractivity contribution in [3.63, 3.8) is 0 Å². The van der Waals surface area contributed by atoms with Crippen LogP contribution in [0.2, 0.25) is 0 Å². The van der Waals surface area contributed by atoms with Crippen LogP contribution in [-0.2, 0) is 9.59 Å². The van der Waals surface area contributed by atoms with Crippen LogP contribution in [0.5, 0.6) is 0 Å². The van der Waals surface area contributed by atoms with E-state index in [9.17, 15) is 24.5 Å². The maximum Gasteiger partial charge on any atom is 0.319 e. The summed E-state index contributed by atoms with van der Waals surface area (Å²) >= 11 is 0. The van der Waals surface area contributed by atoms with Crippen molar-refractivity contribution in [3.8, 4) is 0 Å². The van der Waals surface area contributed by atoms with E-state index in [1.165, 1.54) is 23.1 Å². The predicted molar refractivity (Wildman–Crippen MR) is 117 cm³/mol. The molecule has 1 aliphatic carbocycles. The van der Waals surface area contributed by atoms with Gasteiger partial charge in [0.05, 0.1) is 4.92 Å². The third-order valence-electron chi connectivity index (χ3n) is 5.47. The van der Waals surface area contributed by atoms with Gasteiger partial charge in [-0.1, -0.05) is 38.8 Å². The molecule has 0 radical (unpaired) electrons. The van der Waals surface area contributed by atoms with Gasteiger partial charge >= 0.3 is 6.03 Å². The van der Waals surface area contributed by atoms with Crippen LogP contribution < -0.4 is 16.1 Å². The molecular formula is C21H31N5O6. The van der Waals surface area contributed by atoms with Crippen molar-refractivity contribution in [2.45, 2.75) is 46.0 Å². The van der Waals surface area contributed by atoms with E-state index in [-0.39, 0.29) is 36.8 Å². The van der Waals surface area contributed by atoms with Crippen LogP contribution in [-0.4, -0.2) is 52.5 Å². The van der Waals surface area contributed by atoms with E-state index in [4.69, 9.17) is 5.21 Å². The lowest BCUT2D eigenvalue weighted by atomic mass is 9.88. The summed E-state index contributed by atoms with van der Waals surface area (Å²) in [6.07, 6.45) is 4.28. The fourth-order valence-corrected chi connectivity index (χ4v) is 3.78. The minimum atomic E-state index is -0.656. The molecule has 0 aromatic heterocycles. The first kappa shape index (κ1) is 25.1. The van der Waals surface area contributed by atoms with Gasteiger partial charge in [0.15, 0.2) is 0 Å². The lowest BCUT2D eigenvalue weighted by Gasteiger charge is -2.30. The fraction of sp³-hybridized carbons (Fsp3) is 0.571. The van der Waals surface area contributed by atoms with Crippen LogP contribution in [0, 0.1) is 21.4 Å². The van der Waals surface area contributed by atoms with Gasteiger partial charge < -0.3 is 15.5 Å². The van der Waals surface area contributed by atoms with Crippen LogP contribution in [0.4, 0.5) is 16.2 Å². The van der Waals surface area contributed by atoms with Crippen molar-refractivity contribution in [1.29, 1.82) is 0 Å². The Hall–Kier alpha value is -3.21. The van der Waals surface area contributed by atoms with Crippen molar-refractivity contribution in [2.75, 3.05) is 25.0 Å². The fourth-order valence-electron chi connectivity index (χ4n) is 3.78. The Morgan fingerprint density at radius 2 is 1.88 bits per heavy atom. The van der Waals surface area contributed by atoms with Crippen molar-refractivity contribution in [1.82, 2.24) is 15.7 Å². The highest BCUT2D eigenvalue weighted by atomic mass is 16.6. The highest BCUT2D eigenvalue weighted by Crippen LogP contribution is 2.27. The topological polar surface area (TPSA) is 154 Å². The first-order chi connectivity index (χ1) is 15.1. The number of benzene rings is 1. The molecule has 176 valence electrons. The monoisotopic (exact) mass is 449 g/mol. The number of carbonyl (C=O) groups is 3. The van der Waals surface area contributed by atoms with Crippen LogP contribution in [0.3, 0.4) is 0 Å². The Balaban J connectivity index is 1.93. The van der Waals surface area contributed by atoms with Gasteiger partial charge in [0.2, 0.25) is 5.91 Å². The Morgan fingerprint density at radius 1 is 1.22 bits per heavy atom. The van der Waals surface area contributed by atoms with E-state index in [0.717, 1.165) is 25.7 Å². The minimum absolute atomic E-state index is 0.0710. The maximum atomic E-state index is 12.9. The number of hydrogen-bond donors (Lipinski definition) is 4. The van der Waals surface area contributed by atoms with Gasteiger partial charge in [0.1, 0.15) is 12.2 Å². The van der Waals surface area contributed by atoms with Gasteiger partial charge in [-0.2, -0.15) is 0 Å². The smallest absolute Gasteiger partial charge is 0.319 e. The Morgan fingerprint density at radius 3 is 2.50 bits per heavy atom. The van der Waals surface area contributed by atoms with Crippen molar-refractivity contribution in [2.24, 2.45) is 11.3 Å². The minimum Gasteiger partial charge on any atom is -0.337 e. The number of anilines is 1. The molecule has 0 unspecified atom stereocenters. The lowest BCUT2D eigenvalue weighted by Crippen LogP contribution is -2.45. The molecule has 2 rings (SSSR count). The van der Waals surface area contributed by atoms with Crippen LogP contribution in [0.15, 0.2) is 24.3 Å². The standard InChI is InChI=1S/C21H31N5O6/c1-21(2,14-22-20(29)23-16-9-5-6-10-17(16)26(31)32)11-19(28)25(13-18(27)24-30)12-15-7-3-4-8-15/h5-6,9-10,15,30H,3-4,7-8,11-14H2,1-2H3,(H,24,27)(H2,22,23,29). The highest BCUT2D eigenvalue weighted by Gasteiger charge is 2.29. The number of hydroxylamine groups is 1. The van der Waals surface area contributed by atoms with E-state index in [0.29, 0.717) is 12.5 Å². The van der Waals surface area contributed by atoms with Gasteiger partial charge in [0.25, 0.3) is 11.6 Å². The van der Waals surface area contributed by atoms with Crippen molar-refractivity contribution >= 4 is 29.2 Å². The van der Waals surface area contributed by atoms with Crippen LogP contribution in [0.1, 0.15) is 46.0 Å². The number of carbonyl (C=O) groups excluding carboxylic acids is 3. The van der Waals surface area contributed by atoms with Gasteiger partial charge in [-0.05, 0) is 30.2 Å². The molecule has 4 amide bonds. The third kappa shape index (κ3) is 7.80. The number of hydrogen-bond acceptors (Lipinski definition) is 6. The summed E-state index contributed by atoms with van der Waals surface area (Å²) < 4.78 is 0. The largest absolute Gasteiger partial charge is 0.337 e. The van der Waals surface area contributed by atoms with Crippen molar-refractivity contribution < 1.29 is 24.5 Å². The van der Waals surface area contributed by atoms with Gasteiger partial charge in [-0.15, -0.1) is 0 Å². The summed E-state index contributed by atoms with van der Waals surface area (Å²) in [7, 11) is 0. The van der Waals surface area contributed by atoms with Gasteiger partial charge in [-0.3, -0.25) is 24.9 Å². The summed E-state index contributed by atoms with van der Waals surface area (Å²) in [5.74, 6) is -0.568. The first-order valence-electron chi connectivity index (χ1n) is 10.6. The number of para-hydroxylation sites is 2. The number of nitro benzene ring substituents is 1. The molecule has 0 bridgehead atoms. The molecule has 1 saturated carbocycles. The van der Waals surface area contributed by atoms with E-state index in [1.54, 1.807) is 25.4 Å². The predicted octanol–water partition coefficient (Wildman–Crippen LogP) is 2.66. The molecule has 0 saturated heterocycles. The number of nitro groups is 1. The zero-order valence-corrected chi connectivity index (χ0v) is 18.4. The van der Waals surface area contributed by atoms with Gasteiger partial charge in [0, 0.05) is 25.6 Å².